The molecule has 0 radical (unpaired) electrons. The van der Waals surface area contributed by atoms with E-state index in [-0.39, 0.29) is 73.7 Å². The molecule has 6 aromatic rings. The van der Waals surface area contributed by atoms with Crippen LogP contribution in [0.15, 0.2) is 146 Å². The second-order valence-electron chi connectivity index (χ2n) is 33.9. The minimum Gasteiger partial charge on any atom is -0.465 e. The predicted molar refractivity (Wildman–Crippen MR) is 502 cm³/mol. The first kappa shape index (κ1) is 113. The summed E-state index contributed by atoms with van der Waals surface area (Å²) in [4.78, 5) is 144. The summed E-state index contributed by atoms with van der Waals surface area (Å²) >= 11 is 0. The van der Waals surface area contributed by atoms with E-state index in [4.69, 9.17) is 37.9 Å². The maximum atomic E-state index is 13.2. The zero-order valence-electron chi connectivity index (χ0n) is 78.5. The van der Waals surface area contributed by atoms with Gasteiger partial charge < -0.3 is 56.8 Å². The average molecular weight is 1810 g/mol. The predicted octanol–water partition coefficient (Wildman–Crippen LogP) is 24.1. The average Bonchev–Trinajstić information content (AvgIpc) is 0.802. The SMILES string of the molecule is C.C.CC1CCC(C(C)(C)OC(=O)c2ccccc2C(=O)OC(C)(C)C2CCC(C)CC2)CC1.CCCCC(CC)COC(=O)c1ccccc1C(=O)OCC(CC)CCCC.CCOC(=O)c1ccccc1C(=O)OCC.COC(=O)c1ccccc1C(=O)OC.COC(=O)c1ccccc1C(=O)OC.O=C(OC1CCCCC1)c1ccccc1C(=O)OC1CCCCC1. The van der Waals surface area contributed by atoms with E-state index >= 15 is 0 Å². The Morgan fingerprint density at radius 2 is 0.508 bits per heavy atom. The van der Waals surface area contributed by atoms with Crippen molar-refractivity contribution in [2.75, 3.05) is 54.9 Å². The summed E-state index contributed by atoms with van der Waals surface area (Å²) in [6.07, 6.45) is 28.0. The number of hydrogen-bond donors (Lipinski definition) is 0. The van der Waals surface area contributed by atoms with Gasteiger partial charge in [0.25, 0.3) is 0 Å². The highest BCUT2D eigenvalue weighted by Crippen LogP contribution is 2.40. The summed E-state index contributed by atoms with van der Waals surface area (Å²) in [5.74, 6) is -2.89. The quantitative estimate of drug-likeness (QED) is 0.0280. The summed E-state index contributed by atoms with van der Waals surface area (Å²) in [5, 5.41) is 0. The normalized spacial score (nSPS) is 16.2. The van der Waals surface area contributed by atoms with Crippen LogP contribution in [0.5, 0.6) is 0 Å². The molecule has 0 heterocycles. The molecule has 2 unspecified atom stereocenters. The molecule has 4 aliphatic rings. The zero-order chi connectivity index (χ0) is 94.1. The van der Waals surface area contributed by atoms with Crippen LogP contribution in [0.4, 0.5) is 0 Å². The third-order valence-electron chi connectivity index (χ3n) is 23.8. The lowest BCUT2D eigenvalue weighted by Crippen LogP contribution is -2.40. The summed E-state index contributed by atoms with van der Waals surface area (Å²) < 4.78 is 62.1. The molecule has 0 aliphatic heterocycles. The van der Waals surface area contributed by atoms with E-state index in [0.29, 0.717) is 70.3 Å². The molecule has 0 bridgehead atoms. The van der Waals surface area contributed by atoms with Gasteiger partial charge in [-0.2, -0.15) is 0 Å². The molecule has 4 saturated carbocycles. The number of esters is 12. The topological polar surface area (TPSA) is 316 Å². The van der Waals surface area contributed by atoms with Crippen LogP contribution >= 0.6 is 0 Å². The molecule has 6 aromatic carbocycles. The Bertz CT molecular complexity index is 4120. The lowest BCUT2D eigenvalue weighted by Gasteiger charge is -2.38. The number of unbranched alkanes of at least 4 members (excludes halogenated alkanes) is 2. The van der Waals surface area contributed by atoms with Gasteiger partial charge in [0.15, 0.2) is 0 Å². The second-order valence-corrected chi connectivity index (χ2v) is 33.9. The van der Waals surface area contributed by atoms with Gasteiger partial charge in [0.05, 0.1) is 122 Å². The number of ether oxygens (including phenoxy) is 12. The molecule has 10 rings (SSSR count). The number of carbonyl (C=O) groups excluding carboxylic acids is 12. The van der Waals surface area contributed by atoms with E-state index in [1.807, 2.05) is 27.7 Å². The van der Waals surface area contributed by atoms with Gasteiger partial charge in [-0.15, -0.1) is 0 Å². The molecule has 0 saturated heterocycles. The van der Waals surface area contributed by atoms with Gasteiger partial charge in [0, 0.05) is 0 Å². The fourth-order valence-corrected chi connectivity index (χ4v) is 15.7. The largest absolute Gasteiger partial charge is 0.465 e. The van der Waals surface area contributed by atoms with E-state index in [1.165, 1.54) is 91.2 Å². The summed E-state index contributed by atoms with van der Waals surface area (Å²) in [5.41, 5.74) is 2.01. The van der Waals surface area contributed by atoms with Crippen LogP contribution in [0.25, 0.3) is 0 Å². The molecule has 24 heteroatoms. The first-order chi connectivity index (χ1) is 61.4. The maximum Gasteiger partial charge on any atom is 0.339 e. The van der Waals surface area contributed by atoms with Crippen molar-refractivity contribution in [3.05, 3.63) is 212 Å². The highest BCUT2D eigenvalue weighted by Gasteiger charge is 2.40. The van der Waals surface area contributed by atoms with Crippen LogP contribution in [0, 0.1) is 35.5 Å². The Labute approximate surface area is 773 Å². The molecule has 0 spiro atoms. The van der Waals surface area contributed by atoms with Gasteiger partial charge in [-0.05, 0) is 240 Å². The van der Waals surface area contributed by atoms with E-state index in [9.17, 15) is 57.5 Å². The zero-order valence-corrected chi connectivity index (χ0v) is 78.5. The van der Waals surface area contributed by atoms with Crippen molar-refractivity contribution in [1.29, 1.82) is 0 Å². The van der Waals surface area contributed by atoms with Crippen LogP contribution < -0.4 is 0 Å². The Morgan fingerprint density at radius 3 is 0.723 bits per heavy atom. The third kappa shape index (κ3) is 37.4. The van der Waals surface area contributed by atoms with Gasteiger partial charge in [0.1, 0.15) is 23.4 Å². The van der Waals surface area contributed by atoms with Crippen LogP contribution in [-0.2, 0) is 56.8 Å². The number of hydrogen-bond acceptors (Lipinski definition) is 24. The molecular formula is C106H148O24. The van der Waals surface area contributed by atoms with E-state index < -0.39 is 82.8 Å². The summed E-state index contributed by atoms with van der Waals surface area (Å²) in [7, 11) is 5.04. The van der Waals surface area contributed by atoms with Crippen molar-refractivity contribution in [1.82, 2.24) is 0 Å². The Kier molecular flexibility index (Phi) is 52.9. The first-order valence-corrected chi connectivity index (χ1v) is 45.9. The number of carbonyl (C=O) groups is 12. The van der Waals surface area contributed by atoms with Gasteiger partial charge in [-0.3, -0.25) is 0 Å². The fourth-order valence-electron chi connectivity index (χ4n) is 15.7. The van der Waals surface area contributed by atoms with Gasteiger partial charge in [0.2, 0.25) is 0 Å². The van der Waals surface area contributed by atoms with Crippen molar-refractivity contribution >= 4 is 71.6 Å². The van der Waals surface area contributed by atoms with Crippen molar-refractivity contribution in [3.63, 3.8) is 0 Å². The molecule has 4 fully saturated rings. The summed E-state index contributed by atoms with van der Waals surface area (Å²) in [6.45, 7) is 25.9. The fraction of sp³-hybridized carbons (Fsp3) is 0.547. The highest BCUT2D eigenvalue weighted by atomic mass is 16.6. The third-order valence-corrected chi connectivity index (χ3v) is 23.8. The Balaban J connectivity index is 0.000000412. The lowest BCUT2D eigenvalue weighted by molar-refractivity contribution is -0.0450. The van der Waals surface area contributed by atoms with E-state index in [0.717, 1.165) is 140 Å². The monoisotopic (exact) mass is 1810 g/mol. The highest BCUT2D eigenvalue weighted by molar-refractivity contribution is 6.07. The number of methoxy groups -OCH3 is 4. The standard InChI is InChI=1S/C28H42O4.C24H38O4.C20H26O4.C12H14O4.2C10H10O4.2CH4/c1-19-11-15-21(16-12-19)27(3,4)31-25(29)23-9-7-8-10-24(23)26(30)32-28(5,6)22-17-13-20(2)14-18-22;1-5-9-13-19(7-3)17-27-23(25)21-15-11-12-16-22(21)24(26)28-18-20(8-4)14-10-6-2;21-19(23-15-9-3-1-4-10-15)17-13-7-8-14-18(17)20(22)24-16-11-5-2-6-12-16;1-3-15-11(13)9-7-5-6-8-10(9)12(14)16-4-2;2*1-13-9(11)7-5-3-4-6-8(7)10(12)14-2;;/h7-10,19-22H,11-18H2,1-6H3;11-12,15-16,19-20H,5-10,13-14,17-18H2,1-4H3;7-8,13-16H,1-6,9-12H2;5-8H,3-4H2,1-2H3;2*3-6H,1-2H3;2*1H4. The molecule has 0 amide bonds. The van der Waals surface area contributed by atoms with Crippen molar-refractivity contribution < 1.29 is 114 Å². The minimum absolute atomic E-state index is 0. The van der Waals surface area contributed by atoms with Crippen LogP contribution in [0.3, 0.4) is 0 Å². The summed E-state index contributed by atoms with van der Waals surface area (Å²) in [6, 6.07) is 39.6. The second kappa shape index (κ2) is 60.8. The van der Waals surface area contributed by atoms with Crippen molar-refractivity contribution in [3.8, 4) is 0 Å². The van der Waals surface area contributed by atoms with Crippen molar-refractivity contribution in [2.24, 2.45) is 35.5 Å². The Hall–Kier alpha value is -11.0. The molecule has 0 aromatic heterocycles. The lowest BCUT2D eigenvalue weighted by atomic mass is 9.75. The van der Waals surface area contributed by atoms with Crippen LogP contribution in [0.1, 0.15) is 389 Å². The van der Waals surface area contributed by atoms with Gasteiger partial charge in [-0.25, -0.2) is 57.5 Å². The van der Waals surface area contributed by atoms with Gasteiger partial charge in [-0.1, -0.05) is 206 Å². The molecule has 24 nitrogen and oxygen atoms in total. The Morgan fingerprint density at radius 1 is 0.292 bits per heavy atom. The van der Waals surface area contributed by atoms with E-state index in [2.05, 4.69) is 60.5 Å². The number of rotatable bonds is 32. The van der Waals surface area contributed by atoms with Crippen molar-refractivity contribution in [2.45, 2.75) is 288 Å². The smallest absolute Gasteiger partial charge is 0.339 e. The number of benzene rings is 6. The molecule has 2 atom stereocenters. The maximum absolute atomic E-state index is 13.2. The molecule has 4 aliphatic carbocycles. The molecule has 0 N–H and O–H groups in total. The minimum atomic E-state index is -0.563. The molecular weight excluding hydrogens is 1660 g/mol. The van der Waals surface area contributed by atoms with Crippen LogP contribution in [-0.4, -0.2) is 150 Å². The molecule has 130 heavy (non-hydrogen) atoms. The van der Waals surface area contributed by atoms with Crippen LogP contribution in [0.2, 0.25) is 0 Å². The molecule has 716 valence electrons. The van der Waals surface area contributed by atoms with Gasteiger partial charge >= 0.3 is 71.6 Å². The van der Waals surface area contributed by atoms with E-state index in [1.54, 1.807) is 135 Å². The first-order valence-electron chi connectivity index (χ1n) is 45.9.